The van der Waals surface area contributed by atoms with Crippen LogP contribution in [0.3, 0.4) is 0 Å². The number of amides is 3. The summed E-state index contributed by atoms with van der Waals surface area (Å²) >= 11 is 0. The van der Waals surface area contributed by atoms with Crippen LogP contribution in [0.4, 0.5) is 4.79 Å². The number of ether oxygens (including phenoxy) is 2. The Morgan fingerprint density at radius 3 is 1.85 bits per heavy atom. The van der Waals surface area contributed by atoms with Gasteiger partial charge < -0.3 is 35.2 Å². The van der Waals surface area contributed by atoms with Gasteiger partial charge in [0.15, 0.2) is 0 Å². The van der Waals surface area contributed by atoms with Crippen LogP contribution in [-0.2, 0) is 38.3 Å². The molecule has 12 heteroatoms. The van der Waals surface area contributed by atoms with Gasteiger partial charge in [0.05, 0.1) is 0 Å². The average Bonchev–Trinajstić information content (AvgIpc) is 3.02. The van der Waals surface area contributed by atoms with Crippen molar-refractivity contribution in [3.63, 3.8) is 0 Å². The summed E-state index contributed by atoms with van der Waals surface area (Å²) in [5, 5.41) is 7.81. The number of alkyl carbamates (subject to hydrolysis) is 1. The molecule has 11 nitrogen and oxygen atoms in total. The summed E-state index contributed by atoms with van der Waals surface area (Å²) in [6.07, 6.45) is -0.365. The van der Waals surface area contributed by atoms with E-state index in [2.05, 4.69) is 16.0 Å². The Balaban J connectivity index is 1.77. The Hall–Kier alpha value is -4.18. The van der Waals surface area contributed by atoms with Crippen LogP contribution in [0.15, 0.2) is 84.9 Å². The lowest BCUT2D eigenvalue weighted by Crippen LogP contribution is -2.57. The predicted molar refractivity (Wildman–Crippen MR) is 180 cm³/mol. The van der Waals surface area contributed by atoms with E-state index < -0.39 is 49.0 Å². The summed E-state index contributed by atoms with van der Waals surface area (Å²) in [7, 11) is -4.84. The molecule has 4 atom stereocenters. The Kier molecular flexibility index (Phi) is 13.6. The van der Waals surface area contributed by atoms with Crippen LogP contribution in [0, 0.1) is 5.92 Å². The van der Waals surface area contributed by atoms with Gasteiger partial charge in [-0.1, -0.05) is 93.1 Å². The molecule has 0 bridgehead atoms. The Labute approximate surface area is 276 Å². The standard InChI is InChI=1S/C35H46N3O8P/c1-6-24(2)31(38-34(41)46-35(3,4)5)33(40)36-29(21-25-13-9-7-10-14-25)32(39)37-30(47(42,43)44)22-26-17-19-28(20-18-26)45-23-27-15-11-8-12-16-27/h7-20,24,29-31H,6,21-23H2,1-5H3,(H,36,40)(H,37,39)(H,38,41)(H2,42,43,44)/t24-,29-,30+,31-/m0/s1. The Bertz CT molecular complexity index is 1490. The van der Waals surface area contributed by atoms with Crippen LogP contribution in [0.2, 0.25) is 0 Å². The maximum atomic E-state index is 13.7. The maximum Gasteiger partial charge on any atom is 0.408 e. The Morgan fingerprint density at radius 1 is 0.766 bits per heavy atom. The SMILES string of the molecule is CC[C@H](C)[C@H](NC(=O)OC(C)(C)C)C(=O)N[C@@H](Cc1ccccc1)C(=O)N[C@@H](Cc1ccc(OCc2ccccc2)cc1)P(=O)(O)O. The molecular weight excluding hydrogens is 621 g/mol. The first-order valence-corrected chi connectivity index (χ1v) is 17.3. The average molecular weight is 668 g/mol. The number of carbonyl (C=O) groups excluding carboxylic acids is 3. The van der Waals surface area contributed by atoms with Gasteiger partial charge >= 0.3 is 13.7 Å². The van der Waals surface area contributed by atoms with Crippen LogP contribution in [0.5, 0.6) is 5.75 Å². The molecular formula is C35H46N3O8P. The number of hydrogen-bond donors (Lipinski definition) is 5. The van der Waals surface area contributed by atoms with E-state index in [1.165, 1.54) is 0 Å². The normalized spacial score (nSPS) is 14.2. The first-order chi connectivity index (χ1) is 22.1. The molecule has 0 radical (unpaired) electrons. The van der Waals surface area contributed by atoms with E-state index >= 15 is 0 Å². The van der Waals surface area contributed by atoms with Crippen LogP contribution in [-0.4, -0.2) is 51.2 Å². The van der Waals surface area contributed by atoms with Crippen molar-refractivity contribution in [3.8, 4) is 5.75 Å². The van der Waals surface area contributed by atoms with Crippen LogP contribution >= 0.6 is 7.60 Å². The molecule has 3 rings (SSSR count). The van der Waals surface area contributed by atoms with E-state index in [4.69, 9.17) is 9.47 Å². The number of hydrogen-bond acceptors (Lipinski definition) is 6. The second-order valence-electron chi connectivity index (χ2n) is 12.5. The highest BCUT2D eigenvalue weighted by Gasteiger charge is 2.35. The number of rotatable bonds is 15. The van der Waals surface area contributed by atoms with Gasteiger partial charge in [0.2, 0.25) is 11.8 Å². The fourth-order valence-corrected chi connectivity index (χ4v) is 5.41. The van der Waals surface area contributed by atoms with Gasteiger partial charge in [0.1, 0.15) is 35.8 Å². The third-order valence-electron chi connectivity index (χ3n) is 7.40. The molecule has 0 aliphatic heterocycles. The van der Waals surface area contributed by atoms with Crippen molar-refractivity contribution < 1.29 is 38.2 Å². The predicted octanol–water partition coefficient (Wildman–Crippen LogP) is 5.10. The van der Waals surface area contributed by atoms with E-state index in [0.717, 1.165) is 5.56 Å². The molecule has 3 amide bonds. The van der Waals surface area contributed by atoms with Crippen molar-refractivity contribution in [3.05, 3.63) is 102 Å². The molecule has 0 aliphatic carbocycles. The van der Waals surface area contributed by atoms with Crippen molar-refractivity contribution in [1.82, 2.24) is 16.0 Å². The summed E-state index contributed by atoms with van der Waals surface area (Å²) in [6.45, 7) is 9.13. The topological polar surface area (TPSA) is 163 Å². The van der Waals surface area contributed by atoms with Gasteiger partial charge in [-0.05, 0) is 55.5 Å². The lowest BCUT2D eigenvalue weighted by molar-refractivity contribution is -0.130. The molecule has 0 heterocycles. The largest absolute Gasteiger partial charge is 0.489 e. The lowest BCUT2D eigenvalue weighted by Gasteiger charge is -2.29. The van der Waals surface area contributed by atoms with E-state index in [-0.39, 0.29) is 18.8 Å². The van der Waals surface area contributed by atoms with Crippen molar-refractivity contribution in [2.24, 2.45) is 5.92 Å². The molecule has 0 fully saturated rings. The first kappa shape index (κ1) is 37.3. The summed E-state index contributed by atoms with van der Waals surface area (Å²) in [5.41, 5.74) is 1.48. The maximum absolute atomic E-state index is 13.7. The Morgan fingerprint density at radius 2 is 1.32 bits per heavy atom. The molecule has 0 saturated heterocycles. The number of benzene rings is 3. The highest BCUT2D eigenvalue weighted by Crippen LogP contribution is 2.41. The summed E-state index contributed by atoms with van der Waals surface area (Å²) in [4.78, 5) is 60.2. The zero-order valence-electron chi connectivity index (χ0n) is 27.5. The minimum absolute atomic E-state index is 0.0411. The van der Waals surface area contributed by atoms with Gasteiger partial charge in [-0.2, -0.15) is 0 Å². The summed E-state index contributed by atoms with van der Waals surface area (Å²) in [5.74, 6) is -2.70. The van der Waals surface area contributed by atoms with Crippen molar-refractivity contribution in [1.29, 1.82) is 0 Å². The van der Waals surface area contributed by atoms with Gasteiger partial charge in [0, 0.05) is 12.8 Å². The highest BCUT2D eigenvalue weighted by molar-refractivity contribution is 7.52. The summed E-state index contributed by atoms with van der Waals surface area (Å²) < 4.78 is 23.7. The van der Waals surface area contributed by atoms with Crippen LogP contribution in [0.1, 0.15) is 57.7 Å². The van der Waals surface area contributed by atoms with Gasteiger partial charge in [-0.25, -0.2) is 4.79 Å². The molecule has 0 aliphatic rings. The van der Waals surface area contributed by atoms with Crippen molar-refractivity contribution >= 4 is 25.5 Å². The highest BCUT2D eigenvalue weighted by atomic mass is 31.2. The molecule has 0 unspecified atom stereocenters. The van der Waals surface area contributed by atoms with Gasteiger partial charge in [-0.3, -0.25) is 14.2 Å². The van der Waals surface area contributed by atoms with E-state index in [0.29, 0.717) is 29.9 Å². The lowest BCUT2D eigenvalue weighted by atomic mass is 9.97. The molecule has 0 aromatic heterocycles. The minimum Gasteiger partial charge on any atom is -0.489 e. The molecule has 3 aromatic rings. The van der Waals surface area contributed by atoms with E-state index in [1.54, 1.807) is 76.2 Å². The quantitative estimate of drug-likeness (QED) is 0.140. The molecule has 3 aromatic carbocycles. The monoisotopic (exact) mass is 667 g/mol. The molecule has 0 spiro atoms. The molecule has 254 valence electrons. The number of carbonyl (C=O) groups is 3. The minimum atomic E-state index is -4.84. The van der Waals surface area contributed by atoms with E-state index in [9.17, 15) is 28.7 Å². The van der Waals surface area contributed by atoms with Crippen LogP contribution < -0.4 is 20.7 Å². The fourth-order valence-electron chi connectivity index (χ4n) is 4.66. The second-order valence-corrected chi connectivity index (χ2v) is 14.3. The molecule has 47 heavy (non-hydrogen) atoms. The van der Waals surface area contributed by atoms with Gasteiger partial charge in [-0.15, -0.1) is 0 Å². The van der Waals surface area contributed by atoms with Crippen molar-refractivity contribution in [2.45, 2.75) is 84.0 Å². The smallest absolute Gasteiger partial charge is 0.408 e. The first-order valence-electron chi connectivity index (χ1n) is 15.6. The van der Waals surface area contributed by atoms with Gasteiger partial charge in [0.25, 0.3) is 0 Å². The third-order valence-corrected chi connectivity index (χ3v) is 8.52. The fraction of sp³-hybridized carbons (Fsp3) is 0.400. The second kappa shape index (κ2) is 17.1. The molecule has 0 saturated carbocycles. The third kappa shape index (κ3) is 12.9. The van der Waals surface area contributed by atoms with E-state index in [1.807, 2.05) is 43.3 Å². The summed E-state index contributed by atoms with van der Waals surface area (Å²) in [6, 6.07) is 23.1. The number of nitrogens with one attached hydrogen (secondary N) is 3. The van der Waals surface area contributed by atoms with Crippen molar-refractivity contribution in [2.75, 3.05) is 0 Å². The molecule has 5 N–H and O–H groups in total. The zero-order valence-corrected chi connectivity index (χ0v) is 28.4. The zero-order chi connectivity index (χ0) is 34.6. The van der Waals surface area contributed by atoms with Crippen LogP contribution in [0.25, 0.3) is 0 Å².